The number of benzene rings is 1. The summed E-state index contributed by atoms with van der Waals surface area (Å²) in [6, 6.07) is 10.4. The van der Waals surface area contributed by atoms with Crippen LogP contribution < -0.4 is 0 Å². The molecule has 0 atom stereocenters. The molecule has 92 valence electrons. The number of ether oxygens (including phenoxy) is 1. The Bertz CT molecular complexity index is 354. The summed E-state index contributed by atoms with van der Waals surface area (Å²) in [4.78, 5) is 0. The van der Waals surface area contributed by atoms with Crippen LogP contribution in [0.3, 0.4) is 0 Å². The molecule has 2 heteroatoms. The maximum Gasteiger partial charge on any atom is 0.0873 e. The van der Waals surface area contributed by atoms with E-state index < -0.39 is 0 Å². The highest BCUT2D eigenvalue weighted by Gasteiger charge is 2.16. The SMILES string of the molecule is C/C(=C/OCCCC1CSC1)c1ccccc1. The molecule has 1 heterocycles. The van der Waals surface area contributed by atoms with Crippen molar-refractivity contribution in [2.24, 2.45) is 5.92 Å². The van der Waals surface area contributed by atoms with Gasteiger partial charge in [-0.2, -0.15) is 11.8 Å². The molecule has 17 heavy (non-hydrogen) atoms. The highest BCUT2D eigenvalue weighted by Crippen LogP contribution is 2.28. The van der Waals surface area contributed by atoms with E-state index in [2.05, 4.69) is 43.0 Å². The lowest BCUT2D eigenvalue weighted by Gasteiger charge is -2.24. The Morgan fingerprint density at radius 1 is 1.35 bits per heavy atom. The van der Waals surface area contributed by atoms with Gasteiger partial charge in [-0.25, -0.2) is 0 Å². The highest BCUT2D eigenvalue weighted by molar-refractivity contribution is 8.00. The van der Waals surface area contributed by atoms with Gasteiger partial charge >= 0.3 is 0 Å². The second-order valence-corrected chi connectivity index (χ2v) is 5.66. The van der Waals surface area contributed by atoms with Crippen LogP contribution in [0.5, 0.6) is 0 Å². The lowest BCUT2D eigenvalue weighted by molar-refractivity contribution is 0.237. The molecule has 1 saturated heterocycles. The van der Waals surface area contributed by atoms with E-state index in [9.17, 15) is 0 Å². The number of rotatable bonds is 6. The van der Waals surface area contributed by atoms with Crippen molar-refractivity contribution in [2.45, 2.75) is 19.8 Å². The van der Waals surface area contributed by atoms with Gasteiger partial charge in [-0.05, 0) is 48.3 Å². The summed E-state index contributed by atoms with van der Waals surface area (Å²) < 4.78 is 5.60. The molecule has 1 aliphatic heterocycles. The van der Waals surface area contributed by atoms with E-state index in [0.717, 1.165) is 12.5 Å². The Morgan fingerprint density at radius 3 is 2.76 bits per heavy atom. The van der Waals surface area contributed by atoms with Gasteiger partial charge in [-0.1, -0.05) is 30.3 Å². The molecule has 1 aromatic rings. The van der Waals surface area contributed by atoms with E-state index >= 15 is 0 Å². The van der Waals surface area contributed by atoms with Crippen molar-refractivity contribution in [3.8, 4) is 0 Å². The maximum absolute atomic E-state index is 5.60. The quantitative estimate of drug-likeness (QED) is 0.551. The van der Waals surface area contributed by atoms with Crippen LogP contribution in [0, 0.1) is 5.92 Å². The third-order valence-electron chi connectivity index (χ3n) is 3.07. The minimum atomic E-state index is 0.853. The molecule has 1 aliphatic rings. The standard InChI is InChI=1S/C15H20OS/c1-13(15-7-3-2-4-8-15)10-16-9-5-6-14-11-17-12-14/h2-4,7-8,10,14H,5-6,9,11-12H2,1H3/b13-10-. The molecule has 0 saturated carbocycles. The van der Waals surface area contributed by atoms with E-state index in [1.54, 1.807) is 0 Å². The predicted molar refractivity (Wildman–Crippen MR) is 76.1 cm³/mol. The molecule has 1 aromatic carbocycles. The molecule has 1 fully saturated rings. The van der Waals surface area contributed by atoms with Crippen molar-refractivity contribution in [2.75, 3.05) is 18.1 Å². The molecule has 0 unspecified atom stereocenters. The zero-order chi connectivity index (χ0) is 11.9. The first-order valence-corrected chi connectivity index (χ1v) is 7.43. The summed E-state index contributed by atoms with van der Waals surface area (Å²) >= 11 is 2.06. The van der Waals surface area contributed by atoms with E-state index in [-0.39, 0.29) is 0 Å². The molecule has 0 radical (unpaired) electrons. The van der Waals surface area contributed by atoms with E-state index in [1.165, 1.54) is 35.5 Å². The Balaban J connectivity index is 1.65. The molecule has 0 amide bonds. The summed E-state index contributed by atoms with van der Waals surface area (Å²) in [5.41, 5.74) is 2.44. The molecule has 0 N–H and O–H groups in total. The van der Waals surface area contributed by atoms with Crippen LogP contribution in [0.15, 0.2) is 36.6 Å². The van der Waals surface area contributed by atoms with Crippen LogP contribution >= 0.6 is 11.8 Å². The van der Waals surface area contributed by atoms with Crippen LogP contribution in [0.25, 0.3) is 5.57 Å². The Kier molecular flexibility index (Phi) is 4.99. The first kappa shape index (κ1) is 12.6. The van der Waals surface area contributed by atoms with Crippen LogP contribution in [-0.4, -0.2) is 18.1 Å². The van der Waals surface area contributed by atoms with Crippen molar-refractivity contribution in [3.05, 3.63) is 42.2 Å². The number of hydrogen-bond donors (Lipinski definition) is 0. The van der Waals surface area contributed by atoms with Crippen molar-refractivity contribution >= 4 is 17.3 Å². The zero-order valence-corrected chi connectivity index (χ0v) is 11.2. The number of allylic oxidation sites excluding steroid dienone is 1. The van der Waals surface area contributed by atoms with Crippen LogP contribution in [0.1, 0.15) is 25.3 Å². The molecular formula is C15H20OS. The zero-order valence-electron chi connectivity index (χ0n) is 10.4. The molecule has 0 bridgehead atoms. The van der Waals surface area contributed by atoms with E-state index in [4.69, 9.17) is 4.74 Å². The van der Waals surface area contributed by atoms with Gasteiger partial charge in [0.15, 0.2) is 0 Å². The molecule has 0 spiro atoms. The lowest BCUT2D eigenvalue weighted by atomic mass is 10.1. The third kappa shape index (κ3) is 4.12. The normalized spacial score (nSPS) is 16.6. The van der Waals surface area contributed by atoms with E-state index in [0.29, 0.717) is 0 Å². The summed E-state index contributed by atoms with van der Waals surface area (Å²) in [5.74, 6) is 3.68. The number of hydrogen-bond acceptors (Lipinski definition) is 2. The lowest BCUT2D eigenvalue weighted by Crippen LogP contribution is -2.17. The second kappa shape index (κ2) is 6.75. The fraction of sp³-hybridized carbons (Fsp3) is 0.467. The average Bonchev–Trinajstić information content (AvgIpc) is 2.32. The van der Waals surface area contributed by atoms with Gasteiger partial charge in [0.25, 0.3) is 0 Å². The van der Waals surface area contributed by atoms with Crippen LogP contribution in [0.2, 0.25) is 0 Å². The fourth-order valence-electron chi connectivity index (χ4n) is 1.86. The van der Waals surface area contributed by atoms with Crippen molar-refractivity contribution in [1.82, 2.24) is 0 Å². The minimum absolute atomic E-state index is 0.853. The molecule has 0 aromatic heterocycles. The van der Waals surface area contributed by atoms with Gasteiger partial charge in [0.2, 0.25) is 0 Å². The second-order valence-electron chi connectivity index (χ2n) is 4.58. The van der Waals surface area contributed by atoms with Crippen LogP contribution in [0.4, 0.5) is 0 Å². The van der Waals surface area contributed by atoms with Gasteiger partial charge in [0.1, 0.15) is 0 Å². The molecule has 2 rings (SSSR count). The molecular weight excluding hydrogens is 228 g/mol. The van der Waals surface area contributed by atoms with Gasteiger partial charge < -0.3 is 4.74 Å². The summed E-state index contributed by atoms with van der Waals surface area (Å²) in [7, 11) is 0. The average molecular weight is 248 g/mol. The van der Waals surface area contributed by atoms with Gasteiger partial charge in [0, 0.05) is 0 Å². The van der Waals surface area contributed by atoms with Crippen molar-refractivity contribution in [1.29, 1.82) is 0 Å². The van der Waals surface area contributed by atoms with Gasteiger partial charge in [-0.15, -0.1) is 0 Å². The Labute approximate surface area is 108 Å². The Hall–Kier alpha value is -0.890. The minimum Gasteiger partial charge on any atom is -0.501 e. The highest BCUT2D eigenvalue weighted by atomic mass is 32.2. The maximum atomic E-state index is 5.60. The first-order valence-electron chi connectivity index (χ1n) is 6.28. The number of thioether (sulfide) groups is 1. The summed E-state index contributed by atoms with van der Waals surface area (Å²) in [5, 5.41) is 0. The van der Waals surface area contributed by atoms with Crippen molar-refractivity contribution in [3.63, 3.8) is 0 Å². The van der Waals surface area contributed by atoms with Gasteiger partial charge in [-0.3, -0.25) is 0 Å². The Morgan fingerprint density at radius 2 is 2.12 bits per heavy atom. The topological polar surface area (TPSA) is 9.23 Å². The van der Waals surface area contributed by atoms with Crippen LogP contribution in [-0.2, 0) is 4.74 Å². The predicted octanol–water partition coefficient (Wildman–Crippen LogP) is 4.21. The summed E-state index contributed by atoms with van der Waals surface area (Å²) in [6.45, 7) is 2.95. The first-order chi connectivity index (χ1) is 8.36. The largest absolute Gasteiger partial charge is 0.501 e. The molecule has 0 aliphatic carbocycles. The monoisotopic (exact) mass is 248 g/mol. The third-order valence-corrected chi connectivity index (χ3v) is 4.49. The summed E-state index contributed by atoms with van der Waals surface area (Å²) in [6.07, 6.45) is 4.40. The molecule has 1 nitrogen and oxygen atoms in total. The van der Waals surface area contributed by atoms with E-state index in [1.807, 2.05) is 12.3 Å². The smallest absolute Gasteiger partial charge is 0.0873 e. The fourth-order valence-corrected chi connectivity index (χ4v) is 2.76. The van der Waals surface area contributed by atoms with Crippen molar-refractivity contribution < 1.29 is 4.74 Å². The van der Waals surface area contributed by atoms with Gasteiger partial charge in [0.05, 0.1) is 12.9 Å².